The molecular weight excluding hydrogens is 533 g/mol. The van der Waals surface area contributed by atoms with Crippen molar-refractivity contribution in [1.82, 2.24) is 19.5 Å². The quantitative estimate of drug-likeness (QED) is 0.280. The van der Waals surface area contributed by atoms with Gasteiger partial charge in [0.15, 0.2) is 26.0 Å². The fourth-order valence-corrected chi connectivity index (χ4v) is 9.72. The summed E-state index contributed by atoms with van der Waals surface area (Å²) >= 11 is 0. The second-order valence-corrected chi connectivity index (χ2v) is 24.4. The number of imidazole rings is 1. The van der Waals surface area contributed by atoms with Crippen LogP contribution in [0.25, 0.3) is 11.2 Å². The van der Waals surface area contributed by atoms with Crippen LogP contribution in [-0.2, 0) is 18.3 Å². The van der Waals surface area contributed by atoms with E-state index in [1.54, 1.807) is 0 Å². The molecular formula is C22H42N5O7PSi2. The minimum Gasteiger partial charge on any atom is -0.414 e. The lowest BCUT2D eigenvalue weighted by atomic mass is 10.1. The first-order valence-electron chi connectivity index (χ1n) is 12.3. The van der Waals surface area contributed by atoms with Crippen molar-refractivity contribution in [2.45, 2.75) is 108 Å². The number of aliphatic hydroxyl groups is 1. The topological polar surface area (TPSA) is 175 Å². The number of fused-ring (bicyclic) bond motifs is 1. The third-order valence-electron chi connectivity index (χ3n) is 8.34. The zero-order valence-corrected chi connectivity index (χ0v) is 26.2. The summed E-state index contributed by atoms with van der Waals surface area (Å²) < 4.78 is 32.3. The van der Waals surface area contributed by atoms with Crippen LogP contribution in [0.2, 0.25) is 36.3 Å². The van der Waals surface area contributed by atoms with E-state index in [1.165, 1.54) is 17.2 Å². The zero-order chi connectivity index (χ0) is 28.4. The largest absolute Gasteiger partial charge is 0.470 e. The molecule has 1 saturated heterocycles. The molecule has 1 fully saturated rings. The molecule has 2 aromatic rings. The summed E-state index contributed by atoms with van der Waals surface area (Å²) in [5, 5.41) is 11.1. The first-order valence-corrected chi connectivity index (χ1v) is 19.8. The monoisotopic (exact) mass is 575 g/mol. The molecule has 15 heteroatoms. The van der Waals surface area contributed by atoms with E-state index in [0.717, 1.165) is 0 Å². The first kappa shape index (κ1) is 30.3. The highest BCUT2D eigenvalue weighted by Gasteiger charge is 2.59. The molecule has 12 nitrogen and oxygen atoms in total. The molecule has 0 bridgehead atoms. The Hall–Kier alpha value is -1.23. The smallest absolute Gasteiger partial charge is 0.414 e. The van der Waals surface area contributed by atoms with E-state index in [1.807, 2.05) is 0 Å². The van der Waals surface area contributed by atoms with E-state index < -0.39 is 54.5 Å². The summed E-state index contributed by atoms with van der Waals surface area (Å²) in [5.74, 6) is 0.163. The standard InChI is InChI=1S/C22H42N5O7PSi2/c1-21(2,3)36(7,8)20(34-37(9,10)22(4,5)6)16-15(33-35(29,30)31)14(28)19(32-16)27-12-26-13-17(23)24-11-25-18(13)27/h11-12,14-16,19-20,28H,1-10H3,(H2,23,24,25)(H2,29,30,31)/t14-,15+,16+,19-,20?/m1/s1. The number of hydrogen-bond donors (Lipinski definition) is 4. The summed E-state index contributed by atoms with van der Waals surface area (Å²) in [6.45, 7) is 21.4. The van der Waals surface area contributed by atoms with Gasteiger partial charge in [0.1, 0.15) is 30.2 Å². The maximum atomic E-state index is 12.1. The number of phosphoric acid groups is 1. The van der Waals surface area contributed by atoms with Crippen LogP contribution in [0.4, 0.5) is 5.82 Å². The van der Waals surface area contributed by atoms with Crippen LogP contribution in [0, 0.1) is 0 Å². The van der Waals surface area contributed by atoms with Crippen LogP contribution in [0.5, 0.6) is 0 Å². The summed E-state index contributed by atoms with van der Waals surface area (Å²) in [6.07, 6.45) is -2.21. The number of aromatic nitrogens is 4. The average Bonchev–Trinajstić information content (AvgIpc) is 3.26. The SMILES string of the molecule is CC(C)(C)[Si](C)(C)OC([C@H]1O[C@@H](n2cnc3c(N)ncnc32)[C@H](O)[C@@H]1OP(=O)(O)O)[Si](C)(C)C(C)(C)C. The fourth-order valence-electron chi connectivity index (χ4n) is 4.03. The Bertz CT molecular complexity index is 1170. The van der Waals surface area contributed by atoms with Crippen molar-refractivity contribution in [3.63, 3.8) is 0 Å². The number of ether oxygens (including phenoxy) is 1. The third-order valence-corrected chi connectivity index (χ3v) is 19.3. The van der Waals surface area contributed by atoms with Gasteiger partial charge in [0.05, 0.1) is 20.1 Å². The Morgan fingerprint density at radius 3 is 2.19 bits per heavy atom. The number of rotatable bonds is 7. The molecule has 5 atom stereocenters. The predicted molar refractivity (Wildman–Crippen MR) is 146 cm³/mol. The molecule has 0 aliphatic carbocycles. The van der Waals surface area contributed by atoms with Crippen molar-refractivity contribution >= 4 is 41.2 Å². The van der Waals surface area contributed by atoms with Gasteiger partial charge in [-0.15, -0.1) is 0 Å². The van der Waals surface area contributed by atoms with Gasteiger partial charge in [0, 0.05) is 0 Å². The van der Waals surface area contributed by atoms with Crippen LogP contribution < -0.4 is 5.73 Å². The van der Waals surface area contributed by atoms with Gasteiger partial charge in [-0.1, -0.05) is 54.6 Å². The Morgan fingerprint density at radius 2 is 1.68 bits per heavy atom. The highest BCUT2D eigenvalue weighted by Crippen LogP contribution is 2.50. The van der Waals surface area contributed by atoms with Gasteiger partial charge in [-0.05, 0) is 23.2 Å². The molecule has 210 valence electrons. The molecule has 3 heterocycles. The van der Waals surface area contributed by atoms with Crippen molar-refractivity contribution in [3.05, 3.63) is 12.7 Å². The molecule has 0 radical (unpaired) electrons. The van der Waals surface area contributed by atoms with Gasteiger partial charge < -0.3 is 29.8 Å². The van der Waals surface area contributed by atoms with Gasteiger partial charge >= 0.3 is 7.82 Å². The number of nitrogens with two attached hydrogens (primary N) is 1. The van der Waals surface area contributed by atoms with Crippen molar-refractivity contribution in [3.8, 4) is 0 Å². The van der Waals surface area contributed by atoms with E-state index in [0.29, 0.717) is 11.2 Å². The van der Waals surface area contributed by atoms with Crippen LogP contribution in [0.3, 0.4) is 0 Å². The Balaban J connectivity index is 2.17. The fraction of sp³-hybridized carbons (Fsp3) is 0.773. The van der Waals surface area contributed by atoms with Crippen LogP contribution in [0.15, 0.2) is 12.7 Å². The van der Waals surface area contributed by atoms with Gasteiger partial charge in [0.25, 0.3) is 0 Å². The highest BCUT2D eigenvalue weighted by atomic mass is 31.2. The van der Waals surface area contributed by atoms with Gasteiger partial charge in [-0.25, -0.2) is 19.5 Å². The molecule has 0 spiro atoms. The molecule has 0 saturated carbocycles. The van der Waals surface area contributed by atoms with Crippen molar-refractivity contribution in [2.75, 3.05) is 5.73 Å². The lowest BCUT2D eigenvalue weighted by Crippen LogP contribution is -2.63. The van der Waals surface area contributed by atoms with E-state index in [-0.39, 0.29) is 15.9 Å². The molecule has 0 amide bonds. The molecule has 1 unspecified atom stereocenters. The van der Waals surface area contributed by atoms with Gasteiger partial charge in [-0.2, -0.15) is 0 Å². The van der Waals surface area contributed by atoms with E-state index in [2.05, 4.69) is 82.7 Å². The maximum Gasteiger partial charge on any atom is 0.470 e. The van der Waals surface area contributed by atoms with E-state index >= 15 is 0 Å². The second-order valence-electron chi connectivity index (χ2n) is 12.9. The van der Waals surface area contributed by atoms with Gasteiger partial charge in [0.2, 0.25) is 0 Å². The maximum absolute atomic E-state index is 12.1. The number of hydrogen-bond acceptors (Lipinski definition) is 9. The molecule has 1 aliphatic heterocycles. The number of nitrogen functional groups attached to an aromatic ring is 1. The van der Waals surface area contributed by atoms with Gasteiger partial charge in [-0.3, -0.25) is 9.09 Å². The van der Waals surface area contributed by atoms with E-state index in [4.69, 9.17) is 19.4 Å². The lowest BCUT2D eigenvalue weighted by Gasteiger charge is -2.50. The lowest BCUT2D eigenvalue weighted by molar-refractivity contribution is -0.0615. The van der Waals surface area contributed by atoms with Crippen molar-refractivity contribution in [1.29, 1.82) is 0 Å². The molecule has 1 aliphatic rings. The number of aliphatic hydroxyl groups excluding tert-OH is 1. The Kier molecular flexibility index (Phi) is 7.99. The molecule has 37 heavy (non-hydrogen) atoms. The molecule has 0 aromatic carbocycles. The third kappa shape index (κ3) is 5.87. The average molecular weight is 576 g/mol. The minimum atomic E-state index is -5.00. The molecule has 3 rings (SSSR count). The summed E-state index contributed by atoms with van der Waals surface area (Å²) in [6, 6.07) is 0. The number of nitrogens with zero attached hydrogens (tertiary/aromatic N) is 4. The molecule has 2 aromatic heterocycles. The summed E-state index contributed by atoms with van der Waals surface area (Å²) in [5.41, 5.74) is 6.03. The van der Waals surface area contributed by atoms with Crippen molar-refractivity contribution in [2.24, 2.45) is 0 Å². The number of phosphoric ester groups is 1. The normalized spacial score (nSPS) is 25.1. The summed E-state index contributed by atoms with van der Waals surface area (Å²) in [7, 11) is -9.85. The van der Waals surface area contributed by atoms with Crippen LogP contribution >= 0.6 is 7.82 Å². The second kappa shape index (κ2) is 9.75. The van der Waals surface area contributed by atoms with Crippen LogP contribution in [0.1, 0.15) is 47.8 Å². The van der Waals surface area contributed by atoms with E-state index in [9.17, 15) is 19.5 Å². The highest BCUT2D eigenvalue weighted by molar-refractivity contribution is 7.46. The molecule has 5 N–H and O–H groups in total. The Morgan fingerprint density at radius 1 is 1.08 bits per heavy atom. The number of anilines is 1. The minimum absolute atomic E-state index is 0.140. The van der Waals surface area contributed by atoms with Crippen LogP contribution in [-0.4, -0.2) is 74.8 Å². The first-order chi connectivity index (χ1) is 16.6. The Labute approximate surface area is 220 Å². The zero-order valence-electron chi connectivity index (χ0n) is 23.3. The summed E-state index contributed by atoms with van der Waals surface area (Å²) in [4.78, 5) is 32.0. The predicted octanol–water partition coefficient (Wildman–Crippen LogP) is 3.58. The van der Waals surface area contributed by atoms with Crippen molar-refractivity contribution < 1.29 is 33.1 Å².